The number of anilines is 1. The van der Waals surface area contributed by atoms with Gasteiger partial charge < -0.3 is 15.0 Å². The van der Waals surface area contributed by atoms with Crippen LogP contribution < -0.4 is 10.6 Å². The molecular formula is C22H23N5O. The molecule has 0 aliphatic carbocycles. The van der Waals surface area contributed by atoms with Crippen molar-refractivity contribution >= 4 is 28.3 Å². The highest BCUT2D eigenvalue weighted by Gasteiger charge is 2.22. The number of rotatable bonds is 6. The van der Waals surface area contributed by atoms with Crippen LogP contribution in [0.25, 0.3) is 16.6 Å². The molecule has 0 saturated carbocycles. The molecule has 0 radical (unpaired) electrons. The molecule has 0 aliphatic heterocycles. The molecule has 0 spiro atoms. The number of aromatic nitrogens is 3. The first-order valence-electron chi connectivity index (χ1n) is 9.47. The van der Waals surface area contributed by atoms with Crippen LogP contribution in [0, 0.1) is 0 Å². The molecule has 28 heavy (non-hydrogen) atoms. The van der Waals surface area contributed by atoms with Crippen molar-refractivity contribution < 1.29 is 4.79 Å². The van der Waals surface area contributed by atoms with Gasteiger partial charge in [-0.2, -0.15) is 0 Å². The van der Waals surface area contributed by atoms with E-state index < -0.39 is 0 Å². The largest absolute Gasteiger partial charge is 0.367 e. The highest BCUT2D eigenvalue weighted by atomic mass is 16.1. The van der Waals surface area contributed by atoms with Crippen LogP contribution in [0.4, 0.5) is 5.82 Å². The summed E-state index contributed by atoms with van der Waals surface area (Å²) < 4.78 is 1.94. The number of nitrogens with zero attached hydrogens (tertiary/aromatic N) is 3. The Morgan fingerprint density at radius 1 is 1.07 bits per heavy atom. The summed E-state index contributed by atoms with van der Waals surface area (Å²) in [6.07, 6.45) is 4.23. The summed E-state index contributed by atoms with van der Waals surface area (Å²) in [6, 6.07) is 16.1. The van der Waals surface area contributed by atoms with Crippen LogP contribution in [0.5, 0.6) is 0 Å². The summed E-state index contributed by atoms with van der Waals surface area (Å²) in [5, 5.41) is 7.15. The third kappa shape index (κ3) is 3.41. The minimum Gasteiger partial charge on any atom is -0.367 e. The van der Waals surface area contributed by atoms with Crippen LogP contribution in [0.2, 0.25) is 0 Å². The van der Waals surface area contributed by atoms with Gasteiger partial charge >= 0.3 is 0 Å². The second kappa shape index (κ2) is 7.68. The molecule has 0 aliphatic rings. The predicted octanol–water partition coefficient (Wildman–Crippen LogP) is 3.68. The van der Waals surface area contributed by atoms with E-state index in [2.05, 4.69) is 32.7 Å². The molecule has 2 N–H and O–H groups in total. The van der Waals surface area contributed by atoms with Crippen LogP contribution in [-0.2, 0) is 6.42 Å². The average molecular weight is 373 g/mol. The number of hydrogen-bond donors (Lipinski definition) is 2. The number of fused-ring (bicyclic) bond motifs is 3. The molecule has 4 rings (SSSR count). The van der Waals surface area contributed by atoms with Crippen molar-refractivity contribution in [3.63, 3.8) is 0 Å². The minimum atomic E-state index is -0.115. The summed E-state index contributed by atoms with van der Waals surface area (Å²) in [5.41, 5.74) is 3.34. The SMILES string of the molecule is CC(C)Nc1ncnc2c1c(C(=O)NCCc1ccccc1)c1ccccn12. The van der Waals surface area contributed by atoms with Gasteiger partial charge in [0.05, 0.1) is 16.5 Å². The van der Waals surface area contributed by atoms with Gasteiger partial charge in [-0.1, -0.05) is 36.4 Å². The quantitative estimate of drug-likeness (QED) is 0.541. The van der Waals surface area contributed by atoms with E-state index in [1.54, 1.807) is 0 Å². The summed E-state index contributed by atoms with van der Waals surface area (Å²) in [4.78, 5) is 22.0. The van der Waals surface area contributed by atoms with E-state index in [1.165, 1.54) is 11.9 Å². The first-order valence-corrected chi connectivity index (χ1v) is 9.47. The molecule has 3 heterocycles. The second-order valence-electron chi connectivity index (χ2n) is 7.04. The minimum absolute atomic E-state index is 0.115. The molecular weight excluding hydrogens is 350 g/mol. The van der Waals surface area contributed by atoms with Gasteiger partial charge in [0, 0.05) is 18.8 Å². The maximum atomic E-state index is 13.2. The normalized spacial score (nSPS) is 11.2. The Hall–Kier alpha value is -3.41. The fraction of sp³-hybridized carbons (Fsp3) is 0.227. The van der Waals surface area contributed by atoms with E-state index in [9.17, 15) is 4.79 Å². The van der Waals surface area contributed by atoms with E-state index in [0.717, 1.165) is 23.0 Å². The fourth-order valence-corrected chi connectivity index (χ4v) is 3.41. The zero-order valence-electron chi connectivity index (χ0n) is 16.0. The van der Waals surface area contributed by atoms with Crippen LogP contribution in [0.3, 0.4) is 0 Å². The summed E-state index contributed by atoms with van der Waals surface area (Å²) in [7, 11) is 0. The number of carbonyl (C=O) groups is 1. The highest BCUT2D eigenvalue weighted by molar-refractivity contribution is 6.16. The molecule has 0 unspecified atom stereocenters. The molecule has 0 atom stereocenters. The van der Waals surface area contributed by atoms with E-state index in [-0.39, 0.29) is 11.9 Å². The lowest BCUT2D eigenvalue weighted by Gasteiger charge is -2.11. The Kier molecular flexibility index (Phi) is 4.93. The number of hydrogen-bond acceptors (Lipinski definition) is 4. The molecule has 0 bridgehead atoms. The third-order valence-corrected chi connectivity index (χ3v) is 4.62. The van der Waals surface area contributed by atoms with Crippen molar-refractivity contribution in [3.05, 3.63) is 72.2 Å². The molecule has 6 heteroatoms. The van der Waals surface area contributed by atoms with Crippen molar-refractivity contribution in [1.29, 1.82) is 0 Å². The topological polar surface area (TPSA) is 71.3 Å². The summed E-state index contributed by atoms with van der Waals surface area (Å²) in [6.45, 7) is 4.65. The van der Waals surface area contributed by atoms with Gasteiger partial charge in [0.25, 0.3) is 5.91 Å². The van der Waals surface area contributed by atoms with E-state index in [4.69, 9.17) is 0 Å². The van der Waals surface area contributed by atoms with Crippen LogP contribution in [-0.4, -0.2) is 32.9 Å². The Balaban J connectivity index is 1.72. The number of amides is 1. The molecule has 1 aromatic carbocycles. The van der Waals surface area contributed by atoms with Gasteiger partial charge in [0.2, 0.25) is 0 Å². The first-order chi connectivity index (χ1) is 13.6. The van der Waals surface area contributed by atoms with E-state index in [0.29, 0.717) is 17.9 Å². The molecule has 142 valence electrons. The molecule has 1 amide bonds. The van der Waals surface area contributed by atoms with Gasteiger partial charge in [-0.25, -0.2) is 9.97 Å². The average Bonchev–Trinajstić information content (AvgIpc) is 3.04. The molecule has 0 saturated heterocycles. The monoisotopic (exact) mass is 373 g/mol. The zero-order valence-corrected chi connectivity index (χ0v) is 16.0. The molecule has 0 fully saturated rings. The lowest BCUT2D eigenvalue weighted by molar-refractivity contribution is 0.0957. The van der Waals surface area contributed by atoms with Crippen LogP contribution in [0.15, 0.2) is 61.1 Å². The van der Waals surface area contributed by atoms with Crippen molar-refractivity contribution in [2.45, 2.75) is 26.3 Å². The Morgan fingerprint density at radius 3 is 2.64 bits per heavy atom. The number of pyridine rings is 1. The summed E-state index contributed by atoms with van der Waals surface area (Å²) >= 11 is 0. The zero-order chi connectivity index (χ0) is 19.5. The van der Waals surface area contributed by atoms with Crippen LogP contribution in [0.1, 0.15) is 29.8 Å². The second-order valence-corrected chi connectivity index (χ2v) is 7.04. The van der Waals surface area contributed by atoms with Crippen molar-refractivity contribution in [3.8, 4) is 0 Å². The Bertz CT molecular complexity index is 1120. The van der Waals surface area contributed by atoms with Gasteiger partial charge in [-0.3, -0.25) is 4.79 Å². The van der Waals surface area contributed by atoms with E-state index >= 15 is 0 Å². The fourth-order valence-electron chi connectivity index (χ4n) is 3.41. The van der Waals surface area contributed by atoms with Crippen molar-refractivity contribution in [2.75, 3.05) is 11.9 Å². The molecule has 3 aromatic heterocycles. The maximum absolute atomic E-state index is 13.2. The standard InChI is InChI=1S/C22H23N5O/c1-15(2)26-20-19-18(22(28)23-12-11-16-8-4-3-5-9-16)17-10-6-7-13-27(17)21(19)25-14-24-20/h3-10,13-15H,11-12H2,1-2H3,(H,23,28)(H,24,25,26). The first kappa shape index (κ1) is 18.0. The smallest absolute Gasteiger partial charge is 0.254 e. The van der Waals surface area contributed by atoms with Gasteiger partial charge in [-0.05, 0) is 38.0 Å². The Morgan fingerprint density at radius 2 is 1.86 bits per heavy atom. The molecule has 6 nitrogen and oxygen atoms in total. The van der Waals surface area contributed by atoms with Gasteiger partial charge in [-0.15, -0.1) is 0 Å². The highest BCUT2D eigenvalue weighted by Crippen LogP contribution is 2.30. The summed E-state index contributed by atoms with van der Waals surface area (Å²) in [5.74, 6) is 0.563. The van der Waals surface area contributed by atoms with Gasteiger partial charge in [0.1, 0.15) is 12.1 Å². The number of carbonyl (C=O) groups excluding carboxylic acids is 1. The third-order valence-electron chi connectivity index (χ3n) is 4.62. The molecule has 4 aromatic rings. The van der Waals surface area contributed by atoms with Gasteiger partial charge in [0.15, 0.2) is 5.65 Å². The lowest BCUT2D eigenvalue weighted by atomic mass is 10.1. The number of benzene rings is 1. The van der Waals surface area contributed by atoms with E-state index in [1.807, 2.05) is 60.8 Å². The van der Waals surface area contributed by atoms with Crippen molar-refractivity contribution in [1.82, 2.24) is 19.7 Å². The Labute approximate surface area is 163 Å². The predicted molar refractivity (Wildman–Crippen MR) is 112 cm³/mol. The number of nitrogens with one attached hydrogen (secondary N) is 2. The maximum Gasteiger partial charge on any atom is 0.254 e. The van der Waals surface area contributed by atoms with Crippen LogP contribution >= 0.6 is 0 Å². The lowest BCUT2D eigenvalue weighted by Crippen LogP contribution is -2.26. The van der Waals surface area contributed by atoms with Crippen molar-refractivity contribution in [2.24, 2.45) is 0 Å².